The Hall–Kier alpha value is -0.840. The molecular weight excluding hydrogens is 336 g/mol. The number of alkyl halides is 1. The third-order valence-corrected chi connectivity index (χ3v) is 4.62. The van der Waals surface area contributed by atoms with Crippen LogP contribution in [-0.2, 0) is 19.1 Å². The highest BCUT2D eigenvalue weighted by molar-refractivity contribution is 9.09. The number of halogens is 1. The summed E-state index contributed by atoms with van der Waals surface area (Å²) in [7, 11) is 0. The van der Waals surface area contributed by atoms with Crippen LogP contribution in [0.25, 0.3) is 0 Å². The van der Waals surface area contributed by atoms with Gasteiger partial charge in [0.2, 0.25) is 0 Å². The van der Waals surface area contributed by atoms with Crippen molar-refractivity contribution in [3.05, 3.63) is 11.6 Å². The zero-order chi connectivity index (χ0) is 16.1. The predicted molar refractivity (Wildman–Crippen MR) is 85.3 cm³/mol. The molecule has 4 nitrogen and oxygen atoms in total. The van der Waals surface area contributed by atoms with Crippen LogP contribution < -0.4 is 0 Å². The summed E-state index contributed by atoms with van der Waals surface area (Å²) in [6.07, 6.45) is 4.43. The molecule has 5 heteroatoms. The number of carbonyl (C=O) groups is 2. The maximum Gasteiger partial charge on any atom is 0.331 e. The number of rotatable bonds is 4. The van der Waals surface area contributed by atoms with Crippen LogP contribution in [0.1, 0.15) is 53.4 Å². The molecular formula is C16H25BrO4. The molecule has 21 heavy (non-hydrogen) atoms. The van der Waals surface area contributed by atoms with Crippen LogP contribution in [0.2, 0.25) is 0 Å². The lowest BCUT2D eigenvalue weighted by molar-refractivity contribution is -0.155. The number of allylic oxidation sites excluding steroid dienone is 1. The van der Waals surface area contributed by atoms with E-state index >= 15 is 0 Å². The van der Waals surface area contributed by atoms with Crippen molar-refractivity contribution >= 4 is 27.9 Å². The van der Waals surface area contributed by atoms with E-state index in [2.05, 4.69) is 15.9 Å². The highest BCUT2D eigenvalue weighted by Crippen LogP contribution is 2.41. The normalized spacial score (nSPS) is 22.6. The first-order chi connectivity index (χ1) is 9.72. The fraction of sp³-hybridized carbons (Fsp3) is 0.750. The largest absolute Gasteiger partial charge is 0.466 e. The van der Waals surface area contributed by atoms with Gasteiger partial charge in [-0.25, -0.2) is 4.79 Å². The molecule has 1 aliphatic carbocycles. The number of hydrogen-bond donors (Lipinski definition) is 0. The Morgan fingerprint density at radius 3 is 2.29 bits per heavy atom. The molecule has 0 aromatic rings. The Labute approximate surface area is 135 Å². The van der Waals surface area contributed by atoms with E-state index in [1.54, 1.807) is 6.08 Å². The van der Waals surface area contributed by atoms with E-state index in [-0.39, 0.29) is 11.9 Å². The van der Waals surface area contributed by atoms with Crippen molar-refractivity contribution in [3.63, 3.8) is 0 Å². The molecule has 0 spiro atoms. The molecule has 0 aliphatic heterocycles. The van der Waals surface area contributed by atoms with Gasteiger partial charge in [0.05, 0.1) is 12.0 Å². The van der Waals surface area contributed by atoms with E-state index in [0.717, 1.165) is 18.4 Å². The average Bonchev–Trinajstić information content (AvgIpc) is 2.38. The zero-order valence-corrected chi connectivity index (χ0v) is 14.9. The van der Waals surface area contributed by atoms with Crippen molar-refractivity contribution < 1.29 is 19.1 Å². The molecule has 0 atom stereocenters. The van der Waals surface area contributed by atoms with Gasteiger partial charge in [-0.2, -0.15) is 0 Å². The van der Waals surface area contributed by atoms with E-state index < -0.39 is 11.0 Å². The molecule has 1 rings (SSSR count). The number of esters is 2. The van der Waals surface area contributed by atoms with Crippen LogP contribution >= 0.6 is 15.9 Å². The molecule has 0 aromatic carbocycles. The van der Waals surface area contributed by atoms with Gasteiger partial charge in [0.1, 0.15) is 5.60 Å². The second-order valence-electron chi connectivity index (χ2n) is 6.47. The summed E-state index contributed by atoms with van der Waals surface area (Å²) in [6.45, 7) is 7.76. The third kappa shape index (κ3) is 5.46. The van der Waals surface area contributed by atoms with Gasteiger partial charge < -0.3 is 9.47 Å². The molecule has 0 bridgehead atoms. The van der Waals surface area contributed by atoms with Gasteiger partial charge in [-0.3, -0.25) is 4.79 Å². The minimum absolute atomic E-state index is 0.141. The molecule has 0 unspecified atom stereocenters. The summed E-state index contributed by atoms with van der Waals surface area (Å²) in [5.74, 6) is -0.446. The van der Waals surface area contributed by atoms with E-state index in [1.165, 1.54) is 0 Å². The Kier molecular flexibility index (Phi) is 6.44. The molecule has 0 N–H and O–H groups in total. The molecule has 0 aromatic heterocycles. The van der Waals surface area contributed by atoms with Gasteiger partial charge in [0.25, 0.3) is 0 Å². The van der Waals surface area contributed by atoms with Crippen molar-refractivity contribution in [3.8, 4) is 0 Å². The summed E-state index contributed by atoms with van der Waals surface area (Å²) in [5, 5.41) is 0.596. The zero-order valence-electron chi connectivity index (χ0n) is 13.3. The summed E-state index contributed by atoms with van der Waals surface area (Å²) in [5.41, 5.74) is 0.111. The SMILES string of the molecule is CCOC(=O)C1(CBr)CCC(=CC(=O)OC(C)(C)C)CC1. The second-order valence-corrected chi connectivity index (χ2v) is 7.03. The molecule has 1 aliphatic rings. The van der Waals surface area contributed by atoms with Crippen molar-refractivity contribution in [2.75, 3.05) is 11.9 Å². The van der Waals surface area contributed by atoms with Crippen LogP contribution in [0.5, 0.6) is 0 Å². The Bertz CT molecular complexity index is 410. The summed E-state index contributed by atoms with van der Waals surface area (Å²) < 4.78 is 10.5. The van der Waals surface area contributed by atoms with Gasteiger partial charge in [-0.1, -0.05) is 21.5 Å². The molecule has 0 radical (unpaired) electrons. The van der Waals surface area contributed by atoms with E-state index in [1.807, 2.05) is 27.7 Å². The molecule has 1 fully saturated rings. The van der Waals surface area contributed by atoms with Gasteiger partial charge in [-0.05, 0) is 53.4 Å². The number of ether oxygens (including phenoxy) is 2. The van der Waals surface area contributed by atoms with E-state index in [4.69, 9.17) is 9.47 Å². The van der Waals surface area contributed by atoms with Crippen LogP contribution in [0.15, 0.2) is 11.6 Å². The Morgan fingerprint density at radius 1 is 1.29 bits per heavy atom. The lowest BCUT2D eigenvalue weighted by Gasteiger charge is -2.34. The van der Waals surface area contributed by atoms with Gasteiger partial charge >= 0.3 is 11.9 Å². The number of hydrogen-bond acceptors (Lipinski definition) is 4. The fourth-order valence-corrected chi connectivity index (χ4v) is 3.16. The maximum atomic E-state index is 12.1. The topological polar surface area (TPSA) is 52.6 Å². The minimum atomic E-state index is -0.479. The van der Waals surface area contributed by atoms with Crippen LogP contribution in [-0.4, -0.2) is 29.5 Å². The standard InChI is InChI=1S/C16H25BrO4/c1-5-20-14(19)16(11-17)8-6-12(7-9-16)10-13(18)21-15(2,3)4/h10H,5-9,11H2,1-4H3. The molecule has 0 heterocycles. The van der Waals surface area contributed by atoms with E-state index in [9.17, 15) is 9.59 Å². The molecule has 0 amide bonds. The van der Waals surface area contributed by atoms with Crippen molar-refractivity contribution in [1.82, 2.24) is 0 Å². The first-order valence-electron chi connectivity index (χ1n) is 7.38. The van der Waals surface area contributed by atoms with Gasteiger partial charge in [0, 0.05) is 11.4 Å². The van der Waals surface area contributed by atoms with Crippen molar-refractivity contribution in [2.45, 2.75) is 59.0 Å². The summed E-state index contributed by atoms with van der Waals surface area (Å²) >= 11 is 3.44. The number of carbonyl (C=O) groups excluding carboxylic acids is 2. The lowest BCUT2D eigenvalue weighted by Crippen LogP contribution is -2.37. The Balaban J connectivity index is 2.65. The van der Waals surface area contributed by atoms with Crippen LogP contribution in [0.4, 0.5) is 0 Å². The van der Waals surface area contributed by atoms with Gasteiger partial charge in [-0.15, -0.1) is 0 Å². The predicted octanol–water partition coefficient (Wildman–Crippen LogP) is 3.77. The van der Waals surface area contributed by atoms with Crippen molar-refractivity contribution in [1.29, 1.82) is 0 Å². The summed E-state index contributed by atoms with van der Waals surface area (Å²) in [4.78, 5) is 23.9. The van der Waals surface area contributed by atoms with Crippen molar-refractivity contribution in [2.24, 2.45) is 5.41 Å². The Morgan fingerprint density at radius 2 is 1.86 bits per heavy atom. The molecule has 1 saturated carbocycles. The quantitative estimate of drug-likeness (QED) is 0.435. The first-order valence-corrected chi connectivity index (χ1v) is 8.50. The monoisotopic (exact) mass is 360 g/mol. The van der Waals surface area contributed by atoms with Crippen LogP contribution in [0.3, 0.4) is 0 Å². The minimum Gasteiger partial charge on any atom is -0.466 e. The molecule has 120 valence electrons. The van der Waals surface area contributed by atoms with Crippen LogP contribution in [0, 0.1) is 5.41 Å². The summed E-state index contributed by atoms with van der Waals surface area (Å²) in [6, 6.07) is 0. The fourth-order valence-electron chi connectivity index (χ4n) is 2.37. The first kappa shape index (κ1) is 18.2. The smallest absolute Gasteiger partial charge is 0.331 e. The average molecular weight is 361 g/mol. The molecule has 0 saturated heterocycles. The highest BCUT2D eigenvalue weighted by Gasteiger charge is 2.41. The van der Waals surface area contributed by atoms with Gasteiger partial charge in [0.15, 0.2) is 0 Å². The second kappa shape index (κ2) is 7.43. The maximum absolute atomic E-state index is 12.1. The van der Waals surface area contributed by atoms with E-state index in [0.29, 0.717) is 24.8 Å². The highest BCUT2D eigenvalue weighted by atomic mass is 79.9. The third-order valence-electron chi connectivity index (χ3n) is 3.54. The lowest BCUT2D eigenvalue weighted by atomic mass is 9.74.